The largest absolute Gasteiger partial charge is 0.342 e. The first-order valence-electron chi connectivity index (χ1n) is 11.0. The third-order valence-electron chi connectivity index (χ3n) is 6.61. The summed E-state index contributed by atoms with van der Waals surface area (Å²) in [4.78, 5) is 17.3. The molecule has 0 saturated carbocycles. The maximum Gasteiger partial charge on any atom is 0.237 e. The first-order chi connectivity index (χ1) is 15.9. The molecule has 0 aliphatic carbocycles. The average Bonchev–Trinajstić information content (AvgIpc) is 3.30. The number of imidazole rings is 1. The number of amidine groups is 2. The van der Waals surface area contributed by atoms with Crippen molar-refractivity contribution in [3.8, 4) is 17.3 Å². The van der Waals surface area contributed by atoms with E-state index < -0.39 is 17.2 Å². The number of benzene rings is 1. The molecule has 0 bridgehead atoms. The van der Waals surface area contributed by atoms with Gasteiger partial charge in [0.25, 0.3) is 0 Å². The third kappa shape index (κ3) is 3.04. The van der Waals surface area contributed by atoms with Crippen molar-refractivity contribution in [3.05, 3.63) is 48.4 Å². The van der Waals surface area contributed by atoms with E-state index in [0.29, 0.717) is 23.8 Å². The summed E-state index contributed by atoms with van der Waals surface area (Å²) < 4.78 is 29.9. The second kappa shape index (κ2) is 7.72. The molecule has 33 heavy (non-hydrogen) atoms. The Morgan fingerprint density at radius 3 is 2.79 bits per heavy atom. The summed E-state index contributed by atoms with van der Waals surface area (Å²) in [5, 5.41) is 17.3. The van der Waals surface area contributed by atoms with Gasteiger partial charge in [-0.2, -0.15) is 4.98 Å². The molecule has 0 radical (unpaired) electrons. The van der Waals surface area contributed by atoms with Crippen molar-refractivity contribution in [2.75, 3.05) is 16.3 Å². The van der Waals surface area contributed by atoms with Crippen molar-refractivity contribution in [3.63, 3.8) is 0 Å². The molecule has 1 atom stereocenters. The van der Waals surface area contributed by atoms with Crippen LogP contribution in [0.4, 0.5) is 20.3 Å². The molecule has 2 aromatic heterocycles. The monoisotopic (exact) mass is 450 g/mol. The lowest BCUT2D eigenvalue weighted by Gasteiger charge is -2.54. The predicted molar refractivity (Wildman–Crippen MR) is 122 cm³/mol. The first kappa shape index (κ1) is 21.2. The maximum absolute atomic E-state index is 14.5. The van der Waals surface area contributed by atoms with Gasteiger partial charge in [0.2, 0.25) is 5.95 Å². The second-order valence-electron chi connectivity index (χ2n) is 8.36. The minimum absolute atomic E-state index is 0.0148. The molecular formula is C23H24F2N8. The van der Waals surface area contributed by atoms with E-state index in [9.17, 15) is 8.78 Å². The van der Waals surface area contributed by atoms with Crippen molar-refractivity contribution >= 4 is 23.2 Å². The summed E-state index contributed by atoms with van der Waals surface area (Å²) >= 11 is 0. The number of fused-ring (bicyclic) bond motifs is 3. The van der Waals surface area contributed by atoms with Gasteiger partial charge in [0, 0.05) is 18.9 Å². The Bertz CT molecular complexity index is 1270. The molecule has 0 amide bonds. The van der Waals surface area contributed by atoms with Gasteiger partial charge < -0.3 is 4.90 Å². The number of aromatic nitrogens is 4. The fourth-order valence-corrected chi connectivity index (χ4v) is 4.97. The highest BCUT2D eigenvalue weighted by atomic mass is 19.2. The van der Waals surface area contributed by atoms with Crippen molar-refractivity contribution in [1.29, 1.82) is 10.8 Å². The van der Waals surface area contributed by atoms with Crippen LogP contribution in [0.2, 0.25) is 0 Å². The number of piperidine rings is 1. The summed E-state index contributed by atoms with van der Waals surface area (Å²) in [6.07, 6.45) is 8.16. The maximum atomic E-state index is 14.5. The standard InChI is InChI=1S/C23H24F2N8/c1-3-23-9-4-5-11-32(23)20-17(33(14(2)26)21(23)27)13-29-22(30-20)31-12-10-28-19(31)15-7-6-8-16(24)18(15)25/h6-8,10,12-13,26-27H,3-5,9,11H2,1-2H3/t23-/m1/s1. The molecule has 5 rings (SSSR count). The van der Waals surface area contributed by atoms with Crippen LogP contribution in [0.1, 0.15) is 39.5 Å². The van der Waals surface area contributed by atoms with Gasteiger partial charge in [0.05, 0.1) is 17.3 Å². The zero-order valence-corrected chi connectivity index (χ0v) is 18.4. The molecule has 1 aromatic carbocycles. The van der Waals surface area contributed by atoms with Gasteiger partial charge in [-0.3, -0.25) is 20.3 Å². The normalized spacial score (nSPS) is 19.9. The number of halogens is 2. The fourth-order valence-electron chi connectivity index (χ4n) is 4.97. The highest BCUT2D eigenvalue weighted by molar-refractivity contribution is 6.23. The molecule has 2 N–H and O–H groups in total. The van der Waals surface area contributed by atoms with Crippen molar-refractivity contribution in [1.82, 2.24) is 19.5 Å². The quantitative estimate of drug-likeness (QED) is 0.451. The van der Waals surface area contributed by atoms with Crippen LogP contribution in [0.25, 0.3) is 17.3 Å². The highest BCUT2D eigenvalue weighted by Gasteiger charge is 2.50. The molecule has 2 aliphatic rings. The van der Waals surface area contributed by atoms with Crippen LogP contribution in [0.5, 0.6) is 0 Å². The molecule has 3 aromatic rings. The molecule has 170 valence electrons. The first-order valence-corrected chi connectivity index (χ1v) is 11.0. The van der Waals surface area contributed by atoms with Crippen LogP contribution in [0.15, 0.2) is 36.8 Å². The minimum Gasteiger partial charge on any atom is -0.342 e. The van der Waals surface area contributed by atoms with E-state index in [4.69, 9.17) is 15.8 Å². The van der Waals surface area contributed by atoms with E-state index in [-0.39, 0.29) is 23.2 Å². The highest BCUT2D eigenvalue weighted by Crippen LogP contribution is 2.45. The van der Waals surface area contributed by atoms with Crippen LogP contribution < -0.4 is 9.80 Å². The number of nitrogens with zero attached hydrogens (tertiary/aromatic N) is 6. The molecule has 0 unspecified atom stereocenters. The molecule has 4 heterocycles. The van der Waals surface area contributed by atoms with E-state index in [1.54, 1.807) is 24.2 Å². The summed E-state index contributed by atoms with van der Waals surface area (Å²) in [5.41, 5.74) is 0.0350. The van der Waals surface area contributed by atoms with E-state index >= 15 is 0 Å². The lowest BCUT2D eigenvalue weighted by atomic mass is 9.80. The molecule has 1 saturated heterocycles. The Morgan fingerprint density at radius 2 is 2.03 bits per heavy atom. The van der Waals surface area contributed by atoms with Crippen molar-refractivity contribution < 1.29 is 8.78 Å². The Labute approximate surface area is 189 Å². The number of anilines is 2. The number of hydrogen-bond acceptors (Lipinski definition) is 6. The zero-order chi connectivity index (χ0) is 23.3. The van der Waals surface area contributed by atoms with E-state index in [2.05, 4.69) is 21.8 Å². The van der Waals surface area contributed by atoms with Gasteiger partial charge in [0.15, 0.2) is 17.5 Å². The number of hydrogen-bond donors (Lipinski definition) is 2. The molecule has 8 nitrogen and oxygen atoms in total. The fraction of sp³-hybridized carbons (Fsp3) is 0.348. The molecule has 1 fully saturated rings. The topological polar surface area (TPSA) is 97.8 Å². The Balaban J connectivity index is 1.69. The summed E-state index contributed by atoms with van der Waals surface area (Å²) in [6, 6.07) is 3.95. The van der Waals surface area contributed by atoms with Gasteiger partial charge >= 0.3 is 0 Å². The summed E-state index contributed by atoms with van der Waals surface area (Å²) in [5.74, 6) is -0.268. The van der Waals surface area contributed by atoms with Crippen LogP contribution in [0.3, 0.4) is 0 Å². The van der Waals surface area contributed by atoms with Gasteiger partial charge in [-0.15, -0.1) is 0 Å². The summed E-state index contributed by atoms with van der Waals surface area (Å²) in [7, 11) is 0. The molecule has 2 aliphatic heterocycles. The second-order valence-corrected chi connectivity index (χ2v) is 8.36. The number of rotatable bonds is 3. The van der Waals surface area contributed by atoms with E-state index in [0.717, 1.165) is 31.9 Å². The lowest BCUT2D eigenvalue weighted by Crippen LogP contribution is -2.65. The van der Waals surface area contributed by atoms with Crippen LogP contribution in [-0.2, 0) is 0 Å². The van der Waals surface area contributed by atoms with Crippen molar-refractivity contribution in [2.45, 2.75) is 45.1 Å². The average molecular weight is 450 g/mol. The van der Waals surface area contributed by atoms with Crippen LogP contribution in [-0.4, -0.2) is 43.3 Å². The van der Waals surface area contributed by atoms with Crippen molar-refractivity contribution in [2.24, 2.45) is 0 Å². The van der Waals surface area contributed by atoms with Gasteiger partial charge in [0.1, 0.15) is 23.2 Å². The Hall–Kier alpha value is -3.69. The lowest BCUT2D eigenvalue weighted by molar-refractivity contribution is 0.374. The van der Waals surface area contributed by atoms with Crippen LogP contribution in [0, 0.1) is 22.5 Å². The SMILES string of the molecule is CC[C@]12CCCCN1c1nc(-n3ccnc3-c3cccc(F)c3F)ncc1N(C(C)=N)C2=N. The molecule has 10 heteroatoms. The van der Waals surface area contributed by atoms with Crippen LogP contribution >= 0.6 is 0 Å². The molecular weight excluding hydrogens is 426 g/mol. The van der Waals surface area contributed by atoms with Gasteiger partial charge in [-0.05, 0) is 44.7 Å². The zero-order valence-electron chi connectivity index (χ0n) is 18.4. The Morgan fingerprint density at radius 1 is 1.21 bits per heavy atom. The Kier molecular flexibility index (Phi) is 4.95. The predicted octanol–water partition coefficient (Wildman–Crippen LogP) is 4.54. The number of nitrogens with one attached hydrogen (secondary N) is 2. The molecule has 0 spiro atoms. The smallest absolute Gasteiger partial charge is 0.237 e. The van der Waals surface area contributed by atoms with Gasteiger partial charge in [-0.1, -0.05) is 13.0 Å². The van der Waals surface area contributed by atoms with Gasteiger partial charge in [-0.25, -0.2) is 18.7 Å². The summed E-state index contributed by atoms with van der Waals surface area (Å²) in [6.45, 7) is 4.44. The van der Waals surface area contributed by atoms with E-state index in [1.165, 1.54) is 22.9 Å². The van der Waals surface area contributed by atoms with E-state index in [1.807, 2.05) is 0 Å². The minimum atomic E-state index is -0.983. The third-order valence-corrected chi connectivity index (χ3v) is 6.61.